The summed E-state index contributed by atoms with van der Waals surface area (Å²) in [4.78, 5) is 12.4. The van der Waals surface area contributed by atoms with Crippen molar-refractivity contribution in [2.45, 2.75) is 6.42 Å². The van der Waals surface area contributed by atoms with Crippen molar-refractivity contribution in [3.63, 3.8) is 0 Å². The Morgan fingerprint density at radius 3 is 2.36 bits per heavy atom. The highest BCUT2D eigenvalue weighted by Crippen LogP contribution is 2.36. The second-order valence-corrected chi connectivity index (χ2v) is 5.53. The molecule has 2 heteroatoms. The van der Waals surface area contributed by atoms with Crippen LogP contribution in [0.3, 0.4) is 0 Å². The average Bonchev–Trinajstić information content (AvgIpc) is 2.93. The lowest BCUT2D eigenvalue weighted by atomic mass is 10.0. The molecule has 2 nitrogen and oxygen atoms in total. The lowest BCUT2D eigenvalue weighted by Gasteiger charge is -2.07. The monoisotopic (exact) mass is 285 g/mol. The van der Waals surface area contributed by atoms with E-state index in [9.17, 15) is 4.79 Å². The fourth-order valence-corrected chi connectivity index (χ4v) is 3.01. The first-order chi connectivity index (χ1) is 10.8. The van der Waals surface area contributed by atoms with Gasteiger partial charge in [0.2, 0.25) is 0 Å². The first-order valence-corrected chi connectivity index (χ1v) is 7.39. The van der Waals surface area contributed by atoms with E-state index in [2.05, 4.69) is 35.6 Å². The number of carbonyl (C=O) groups is 1. The van der Waals surface area contributed by atoms with Gasteiger partial charge in [-0.15, -0.1) is 0 Å². The molecule has 0 bridgehead atoms. The van der Waals surface area contributed by atoms with E-state index in [4.69, 9.17) is 0 Å². The molecule has 0 atom stereocenters. The van der Waals surface area contributed by atoms with Crippen molar-refractivity contribution in [2.75, 3.05) is 5.32 Å². The third-order valence-corrected chi connectivity index (χ3v) is 4.09. The van der Waals surface area contributed by atoms with Crippen LogP contribution in [0.1, 0.15) is 21.5 Å². The van der Waals surface area contributed by atoms with Gasteiger partial charge < -0.3 is 5.32 Å². The number of carbonyl (C=O) groups excluding carboxylic acids is 1. The molecule has 0 aromatic heterocycles. The van der Waals surface area contributed by atoms with Crippen LogP contribution in [0.15, 0.2) is 72.8 Å². The minimum Gasteiger partial charge on any atom is -0.322 e. The first-order valence-electron chi connectivity index (χ1n) is 7.39. The van der Waals surface area contributed by atoms with Crippen LogP contribution in [0.5, 0.6) is 0 Å². The van der Waals surface area contributed by atoms with Gasteiger partial charge in [0.05, 0.1) is 0 Å². The molecule has 0 saturated heterocycles. The van der Waals surface area contributed by atoms with Crippen LogP contribution in [0.4, 0.5) is 5.69 Å². The first kappa shape index (κ1) is 12.8. The van der Waals surface area contributed by atoms with E-state index >= 15 is 0 Å². The number of rotatable bonds is 2. The van der Waals surface area contributed by atoms with Crippen LogP contribution in [-0.2, 0) is 6.42 Å². The number of fused-ring (bicyclic) bond motifs is 3. The molecule has 0 aliphatic heterocycles. The fraction of sp³-hybridized carbons (Fsp3) is 0.0500. The second-order valence-electron chi connectivity index (χ2n) is 5.53. The lowest BCUT2D eigenvalue weighted by molar-refractivity contribution is 0.102. The maximum atomic E-state index is 12.4. The minimum absolute atomic E-state index is 0.0649. The molecule has 106 valence electrons. The topological polar surface area (TPSA) is 29.1 Å². The average molecular weight is 285 g/mol. The van der Waals surface area contributed by atoms with Crippen LogP contribution >= 0.6 is 0 Å². The third-order valence-electron chi connectivity index (χ3n) is 4.09. The summed E-state index contributed by atoms with van der Waals surface area (Å²) >= 11 is 0. The second kappa shape index (κ2) is 5.15. The standard InChI is InChI=1S/C20H15NO/c22-20(21-17-7-2-1-3-8-17)15-10-11-19-16(13-15)12-14-6-4-5-9-18(14)19/h1-11,13H,12H2,(H,21,22). The quantitative estimate of drug-likeness (QED) is 0.577. The van der Waals surface area contributed by atoms with Gasteiger partial charge in [-0.05, 0) is 52.9 Å². The van der Waals surface area contributed by atoms with E-state index in [0.717, 1.165) is 12.1 Å². The van der Waals surface area contributed by atoms with Gasteiger partial charge in [-0.1, -0.05) is 48.5 Å². The number of hydrogen-bond acceptors (Lipinski definition) is 1. The summed E-state index contributed by atoms with van der Waals surface area (Å²) in [6, 6.07) is 23.9. The van der Waals surface area contributed by atoms with Crippen molar-refractivity contribution in [3.8, 4) is 11.1 Å². The summed E-state index contributed by atoms with van der Waals surface area (Å²) in [5, 5.41) is 2.93. The van der Waals surface area contributed by atoms with Gasteiger partial charge in [-0.3, -0.25) is 4.79 Å². The van der Waals surface area contributed by atoms with E-state index in [-0.39, 0.29) is 5.91 Å². The van der Waals surface area contributed by atoms with E-state index < -0.39 is 0 Å². The normalized spacial score (nSPS) is 11.6. The summed E-state index contributed by atoms with van der Waals surface area (Å²) in [7, 11) is 0. The van der Waals surface area contributed by atoms with Gasteiger partial charge in [-0.25, -0.2) is 0 Å². The van der Waals surface area contributed by atoms with Crippen LogP contribution in [0.2, 0.25) is 0 Å². The van der Waals surface area contributed by atoms with Gasteiger partial charge in [-0.2, -0.15) is 0 Å². The van der Waals surface area contributed by atoms with Crippen molar-refractivity contribution in [2.24, 2.45) is 0 Å². The van der Waals surface area contributed by atoms with E-state index in [1.165, 1.54) is 22.3 Å². The Morgan fingerprint density at radius 1 is 0.773 bits per heavy atom. The summed E-state index contributed by atoms with van der Waals surface area (Å²) < 4.78 is 0. The van der Waals surface area contributed by atoms with Gasteiger partial charge >= 0.3 is 0 Å². The maximum absolute atomic E-state index is 12.4. The molecule has 1 aliphatic rings. The Hall–Kier alpha value is -2.87. The van der Waals surface area contributed by atoms with Crippen LogP contribution in [0, 0.1) is 0 Å². The summed E-state index contributed by atoms with van der Waals surface area (Å²) in [5.74, 6) is -0.0649. The predicted octanol–water partition coefficient (Wildman–Crippen LogP) is 4.51. The molecule has 0 heterocycles. The molecular weight excluding hydrogens is 270 g/mol. The van der Waals surface area contributed by atoms with Gasteiger partial charge in [0, 0.05) is 11.3 Å². The van der Waals surface area contributed by atoms with Gasteiger partial charge in [0.15, 0.2) is 0 Å². The molecule has 1 N–H and O–H groups in total. The molecule has 0 spiro atoms. The highest BCUT2D eigenvalue weighted by atomic mass is 16.1. The molecule has 0 saturated carbocycles. The SMILES string of the molecule is O=C(Nc1ccccc1)c1ccc2c(c1)Cc1ccccc1-2. The van der Waals surface area contributed by atoms with Gasteiger partial charge in [0.25, 0.3) is 5.91 Å². The number of amides is 1. The molecule has 22 heavy (non-hydrogen) atoms. The Morgan fingerprint density at radius 2 is 1.50 bits per heavy atom. The van der Waals surface area contributed by atoms with Crippen molar-refractivity contribution in [3.05, 3.63) is 89.5 Å². The zero-order valence-electron chi connectivity index (χ0n) is 12.0. The zero-order valence-corrected chi connectivity index (χ0v) is 12.0. The van der Waals surface area contributed by atoms with E-state index in [1.807, 2.05) is 42.5 Å². The summed E-state index contributed by atoms with van der Waals surface area (Å²) in [5.41, 5.74) is 6.60. The summed E-state index contributed by atoms with van der Waals surface area (Å²) in [6.45, 7) is 0. The van der Waals surface area contributed by atoms with Gasteiger partial charge in [0.1, 0.15) is 0 Å². The smallest absolute Gasteiger partial charge is 0.255 e. The van der Waals surface area contributed by atoms with Crippen LogP contribution < -0.4 is 5.32 Å². The van der Waals surface area contributed by atoms with Crippen molar-refractivity contribution >= 4 is 11.6 Å². The molecule has 0 fully saturated rings. The van der Waals surface area contributed by atoms with E-state index in [0.29, 0.717) is 5.56 Å². The highest BCUT2D eigenvalue weighted by Gasteiger charge is 2.19. The van der Waals surface area contributed by atoms with Crippen molar-refractivity contribution in [1.82, 2.24) is 0 Å². The largest absolute Gasteiger partial charge is 0.322 e. The zero-order chi connectivity index (χ0) is 14.9. The summed E-state index contributed by atoms with van der Waals surface area (Å²) in [6.07, 6.45) is 0.901. The van der Waals surface area contributed by atoms with E-state index in [1.54, 1.807) is 0 Å². The Balaban J connectivity index is 1.63. The molecule has 0 unspecified atom stereocenters. The fourth-order valence-electron chi connectivity index (χ4n) is 3.01. The lowest BCUT2D eigenvalue weighted by Crippen LogP contribution is -2.11. The molecule has 0 radical (unpaired) electrons. The highest BCUT2D eigenvalue weighted by molar-refractivity contribution is 6.05. The molecule has 1 amide bonds. The number of para-hydroxylation sites is 1. The predicted molar refractivity (Wildman–Crippen MR) is 89.1 cm³/mol. The molecule has 1 aliphatic carbocycles. The molecular formula is C20H15NO. The number of hydrogen-bond donors (Lipinski definition) is 1. The van der Waals surface area contributed by atoms with Crippen molar-refractivity contribution in [1.29, 1.82) is 0 Å². The number of benzene rings is 3. The molecule has 3 aromatic carbocycles. The van der Waals surface area contributed by atoms with Crippen LogP contribution in [-0.4, -0.2) is 5.91 Å². The van der Waals surface area contributed by atoms with Crippen LogP contribution in [0.25, 0.3) is 11.1 Å². The van der Waals surface area contributed by atoms with Crippen molar-refractivity contribution < 1.29 is 4.79 Å². The Bertz CT molecular complexity index is 853. The third kappa shape index (κ3) is 2.19. The molecule has 3 aromatic rings. The Labute approximate surface area is 129 Å². The minimum atomic E-state index is -0.0649. The Kier molecular flexibility index (Phi) is 3.01. The maximum Gasteiger partial charge on any atom is 0.255 e. The molecule has 4 rings (SSSR count). The number of anilines is 1. The number of nitrogens with one attached hydrogen (secondary N) is 1.